The van der Waals surface area contributed by atoms with Gasteiger partial charge in [-0.3, -0.25) is 19.5 Å². The monoisotopic (exact) mass is 416 g/mol. The fourth-order valence-corrected chi connectivity index (χ4v) is 2.14. The van der Waals surface area contributed by atoms with E-state index in [0.29, 0.717) is 5.39 Å². The van der Waals surface area contributed by atoms with Gasteiger partial charge in [0.1, 0.15) is 0 Å². The molecule has 28 heavy (non-hydrogen) atoms. The summed E-state index contributed by atoms with van der Waals surface area (Å²) >= 11 is 0. The van der Waals surface area contributed by atoms with E-state index in [1.165, 1.54) is 12.1 Å². The van der Waals surface area contributed by atoms with E-state index in [0.717, 1.165) is 16.5 Å². The summed E-state index contributed by atoms with van der Waals surface area (Å²) in [6, 6.07) is 13.6. The number of benzene rings is 2. The number of aromatic nitrogens is 1. The second-order valence-corrected chi connectivity index (χ2v) is 6.75. The predicted molar refractivity (Wildman–Crippen MR) is 94.3 cm³/mol. The van der Waals surface area contributed by atoms with Crippen LogP contribution in [0.15, 0.2) is 59.5 Å². The van der Waals surface area contributed by atoms with Gasteiger partial charge < -0.3 is 4.98 Å². The highest BCUT2D eigenvalue weighted by molar-refractivity contribution is 7.86. The molecule has 148 valence electrons. The first-order valence-electron chi connectivity index (χ1n) is 7.30. The van der Waals surface area contributed by atoms with Crippen LogP contribution in [0.3, 0.4) is 0 Å². The van der Waals surface area contributed by atoms with E-state index in [-0.39, 0.29) is 11.2 Å². The Labute approximate surface area is 155 Å². The molecule has 0 bridgehead atoms. The summed E-state index contributed by atoms with van der Waals surface area (Å²) in [5, 5.41) is 12.1. The molecule has 0 aliphatic carbocycles. The third-order valence-electron chi connectivity index (χ3n) is 3.48. The summed E-state index contributed by atoms with van der Waals surface area (Å²) in [7, 11) is -5.84. The lowest BCUT2D eigenvalue weighted by molar-refractivity contribution is -0.384. The number of nitrogens with zero attached hydrogens (tertiary/aromatic N) is 1. The maximum Gasteiger partial charge on any atom is 0.522 e. The fraction of sp³-hybridized carbons (Fsp3) is 0.0625. The van der Waals surface area contributed by atoms with Gasteiger partial charge in [-0.2, -0.15) is 21.6 Å². The van der Waals surface area contributed by atoms with Crippen molar-refractivity contribution in [3.05, 3.63) is 75.2 Å². The van der Waals surface area contributed by atoms with E-state index in [2.05, 4.69) is 4.98 Å². The molecule has 3 rings (SSSR count). The number of nitrogens with one attached hydrogen (secondary N) is 1. The van der Waals surface area contributed by atoms with Crippen LogP contribution in [0.1, 0.15) is 0 Å². The highest BCUT2D eigenvalue weighted by Crippen LogP contribution is 2.24. The lowest BCUT2D eigenvalue weighted by Crippen LogP contribution is -2.21. The van der Waals surface area contributed by atoms with Crippen LogP contribution in [0.5, 0.6) is 0 Å². The van der Waals surface area contributed by atoms with E-state index in [9.17, 15) is 28.1 Å². The van der Waals surface area contributed by atoms with Crippen LogP contribution in [0.4, 0.5) is 18.9 Å². The number of fused-ring (bicyclic) bond motifs is 1. The molecule has 0 spiro atoms. The van der Waals surface area contributed by atoms with E-state index < -0.39 is 20.5 Å². The SMILES string of the molecule is O=S(=O)(O)C(F)(F)F.O=c1[nH]ccc2ccc(-c3ccc([N+](=O)[O-])cc3)cc12. The fourth-order valence-electron chi connectivity index (χ4n) is 2.14. The molecule has 0 radical (unpaired) electrons. The molecular weight excluding hydrogens is 405 g/mol. The summed E-state index contributed by atoms with van der Waals surface area (Å²) in [4.78, 5) is 24.6. The first-order chi connectivity index (χ1) is 12.9. The van der Waals surface area contributed by atoms with E-state index in [4.69, 9.17) is 13.0 Å². The van der Waals surface area contributed by atoms with Crippen LogP contribution in [0.2, 0.25) is 0 Å². The molecule has 12 heteroatoms. The van der Waals surface area contributed by atoms with Gasteiger partial charge in [-0.1, -0.05) is 12.1 Å². The summed E-state index contributed by atoms with van der Waals surface area (Å²) in [5.41, 5.74) is -3.95. The zero-order valence-electron chi connectivity index (χ0n) is 13.7. The minimum atomic E-state index is -5.84. The number of halogens is 3. The summed E-state index contributed by atoms with van der Waals surface area (Å²) in [5.74, 6) is 0. The van der Waals surface area contributed by atoms with Gasteiger partial charge in [-0.25, -0.2) is 0 Å². The smallest absolute Gasteiger partial charge is 0.329 e. The minimum Gasteiger partial charge on any atom is -0.329 e. The Morgan fingerprint density at radius 1 is 1.00 bits per heavy atom. The maximum atomic E-state index is 11.8. The number of H-pyrrole nitrogens is 1. The molecule has 0 fully saturated rings. The normalized spacial score (nSPS) is 11.6. The molecule has 1 aromatic heterocycles. The average molecular weight is 416 g/mol. The van der Waals surface area contributed by atoms with Crippen LogP contribution in [0.25, 0.3) is 21.9 Å². The summed E-state index contributed by atoms with van der Waals surface area (Å²) in [6.07, 6.45) is 1.61. The largest absolute Gasteiger partial charge is 0.522 e. The molecule has 0 atom stereocenters. The second-order valence-electron chi connectivity index (χ2n) is 5.33. The Balaban J connectivity index is 0.000000300. The topological polar surface area (TPSA) is 130 Å². The van der Waals surface area contributed by atoms with Crippen LogP contribution in [0, 0.1) is 10.1 Å². The lowest BCUT2D eigenvalue weighted by atomic mass is 10.0. The third kappa shape index (κ3) is 4.92. The molecular formula is C16H11F3N2O6S. The Bertz CT molecular complexity index is 1170. The van der Waals surface area contributed by atoms with Gasteiger partial charge >= 0.3 is 15.6 Å². The van der Waals surface area contributed by atoms with Crippen molar-refractivity contribution < 1.29 is 31.1 Å². The summed E-state index contributed by atoms with van der Waals surface area (Å²) in [6.45, 7) is 0. The number of aromatic amines is 1. The van der Waals surface area contributed by atoms with Crippen molar-refractivity contribution in [2.45, 2.75) is 5.51 Å². The van der Waals surface area contributed by atoms with Crippen molar-refractivity contribution in [1.82, 2.24) is 4.98 Å². The number of hydrogen-bond donors (Lipinski definition) is 2. The Hall–Kier alpha value is -3.25. The quantitative estimate of drug-likeness (QED) is 0.285. The second kappa shape index (κ2) is 7.78. The van der Waals surface area contributed by atoms with E-state index >= 15 is 0 Å². The zero-order chi connectivity index (χ0) is 21.1. The Morgan fingerprint density at radius 3 is 2.04 bits per heavy atom. The molecule has 2 aromatic carbocycles. The number of hydrogen-bond acceptors (Lipinski definition) is 5. The molecule has 3 aromatic rings. The number of pyridine rings is 1. The predicted octanol–water partition coefficient (Wildman–Crippen LogP) is 3.50. The van der Waals surface area contributed by atoms with Crippen molar-refractivity contribution in [2.24, 2.45) is 0 Å². The van der Waals surface area contributed by atoms with Gasteiger partial charge in [-0.05, 0) is 40.8 Å². The van der Waals surface area contributed by atoms with Crippen LogP contribution < -0.4 is 5.56 Å². The van der Waals surface area contributed by atoms with Gasteiger partial charge in [0.25, 0.3) is 11.2 Å². The van der Waals surface area contributed by atoms with Gasteiger partial charge in [0.15, 0.2) is 0 Å². The first-order valence-corrected chi connectivity index (χ1v) is 8.74. The Kier molecular flexibility index (Phi) is 5.85. The third-order valence-corrected chi connectivity index (χ3v) is 4.06. The molecule has 0 aliphatic rings. The molecule has 0 amide bonds. The standard InChI is InChI=1S/C15H10N2O3.CHF3O3S/c18-15-14-9-12(2-1-11(14)7-8-16-15)10-3-5-13(6-4-10)17(19)20;2-1(3,4)8(5,6)7/h1-9H,(H,16,18);(H,5,6,7). The summed E-state index contributed by atoms with van der Waals surface area (Å²) < 4.78 is 57.5. The van der Waals surface area contributed by atoms with Gasteiger partial charge in [0.2, 0.25) is 0 Å². The van der Waals surface area contributed by atoms with Crippen LogP contribution in [-0.2, 0) is 10.1 Å². The molecule has 0 aliphatic heterocycles. The van der Waals surface area contributed by atoms with Gasteiger partial charge in [-0.15, -0.1) is 0 Å². The van der Waals surface area contributed by atoms with Crippen molar-refractivity contribution in [3.8, 4) is 11.1 Å². The minimum absolute atomic E-state index is 0.0485. The zero-order valence-corrected chi connectivity index (χ0v) is 14.5. The lowest BCUT2D eigenvalue weighted by Gasteiger charge is -2.03. The first kappa shape index (κ1) is 21.1. The molecule has 1 heterocycles. The van der Waals surface area contributed by atoms with Crippen molar-refractivity contribution in [1.29, 1.82) is 0 Å². The van der Waals surface area contributed by atoms with E-state index in [1.54, 1.807) is 24.4 Å². The molecule has 2 N–H and O–H groups in total. The number of nitro groups is 1. The number of non-ortho nitro benzene ring substituents is 1. The highest BCUT2D eigenvalue weighted by Gasteiger charge is 2.44. The highest BCUT2D eigenvalue weighted by atomic mass is 32.2. The number of rotatable bonds is 2. The number of nitro benzene ring substituents is 1. The number of alkyl halides is 3. The van der Waals surface area contributed by atoms with E-state index in [1.807, 2.05) is 18.2 Å². The molecule has 8 nitrogen and oxygen atoms in total. The molecule has 0 saturated heterocycles. The van der Waals surface area contributed by atoms with Crippen molar-refractivity contribution in [2.75, 3.05) is 0 Å². The molecule has 0 unspecified atom stereocenters. The van der Waals surface area contributed by atoms with Crippen LogP contribution in [-0.4, -0.2) is 28.4 Å². The van der Waals surface area contributed by atoms with Gasteiger partial charge in [0.05, 0.1) is 4.92 Å². The maximum absolute atomic E-state index is 11.8. The molecule has 0 saturated carbocycles. The van der Waals surface area contributed by atoms with Crippen molar-refractivity contribution in [3.63, 3.8) is 0 Å². The Morgan fingerprint density at radius 2 is 1.54 bits per heavy atom. The van der Waals surface area contributed by atoms with Crippen molar-refractivity contribution >= 4 is 26.6 Å². The van der Waals surface area contributed by atoms with Gasteiger partial charge in [0, 0.05) is 23.7 Å². The van der Waals surface area contributed by atoms with Crippen LogP contribution >= 0.6 is 0 Å². The average Bonchev–Trinajstić information content (AvgIpc) is 2.61.